The number of hydrogen-bond acceptors (Lipinski definition) is 8. The Morgan fingerprint density at radius 2 is 1.09 bits per heavy atom. The molecule has 7 atom stereocenters. The molecule has 0 amide bonds. The van der Waals surface area contributed by atoms with Gasteiger partial charge in [-0.15, -0.1) is 0 Å². The molecule has 0 spiro atoms. The zero-order valence-electron chi connectivity index (χ0n) is 44.9. The number of unbranched alkanes of at least 4 members (excludes halogenated alkanes) is 8. The molecule has 1 aliphatic heterocycles. The highest BCUT2D eigenvalue weighted by Gasteiger charge is 2.46. The number of allylic oxidation sites excluding steroid dienone is 20. The highest BCUT2D eigenvalue weighted by molar-refractivity contribution is 5.69. The van der Waals surface area contributed by atoms with Crippen molar-refractivity contribution in [2.45, 2.75) is 222 Å². The molecule has 0 saturated carbocycles. The van der Waals surface area contributed by atoms with E-state index in [0.717, 1.165) is 54.7 Å². The molecule has 1 heterocycles. The average Bonchev–Trinajstić information content (AvgIpc) is 3.25. The smallest absolute Gasteiger partial charge is 0.305 e. The molecule has 2 aliphatic carbocycles. The zero-order chi connectivity index (χ0) is 51.1. The lowest BCUT2D eigenvalue weighted by atomic mass is 9.71. The van der Waals surface area contributed by atoms with Crippen molar-refractivity contribution >= 4 is 5.97 Å². The number of aliphatic hydroxyl groups excluding tert-OH is 4. The predicted molar refractivity (Wildman–Crippen MR) is 286 cm³/mol. The fourth-order valence-corrected chi connectivity index (χ4v) is 9.86. The van der Waals surface area contributed by atoms with Gasteiger partial charge in [0.15, 0.2) is 6.29 Å². The molecule has 0 bridgehead atoms. The van der Waals surface area contributed by atoms with Gasteiger partial charge in [-0.3, -0.25) is 4.79 Å². The maximum Gasteiger partial charge on any atom is 0.305 e. The van der Waals surface area contributed by atoms with E-state index in [1.54, 1.807) is 0 Å². The monoisotopic (exact) mass is 955 g/mol. The summed E-state index contributed by atoms with van der Waals surface area (Å²) in [7, 11) is 0. The molecule has 3 rings (SSSR count). The quantitative estimate of drug-likeness (QED) is 0.0384. The number of ether oxygens (including phenoxy) is 3. The third-order valence-electron chi connectivity index (χ3n) is 13.8. The van der Waals surface area contributed by atoms with Crippen molar-refractivity contribution in [1.29, 1.82) is 0 Å². The van der Waals surface area contributed by atoms with E-state index in [0.29, 0.717) is 19.3 Å². The number of hydrogen-bond donors (Lipinski definition) is 4. The molecule has 3 aliphatic rings. The highest BCUT2D eigenvalue weighted by atomic mass is 16.7. The summed E-state index contributed by atoms with van der Waals surface area (Å²) < 4.78 is 17.8. The van der Waals surface area contributed by atoms with Crippen molar-refractivity contribution in [2.24, 2.45) is 16.7 Å². The first kappa shape index (κ1) is 59.7. The van der Waals surface area contributed by atoms with Crippen LogP contribution in [0.5, 0.6) is 0 Å². The number of carbonyl (C=O) groups excluding carboxylic acids is 1. The lowest BCUT2D eigenvalue weighted by Gasteiger charge is -2.43. The van der Waals surface area contributed by atoms with Crippen molar-refractivity contribution in [2.75, 3.05) is 6.61 Å². The van der Waals surface area contributed by atoms with Crippen LogP contribution in [0.2, 0.25) is 0 Å². The minimum Gasteiger partial charge on any atom is -0.463 e. The lowest BCUT2D eigenvalue weighted by molar-refractivity contribution is -0.313. The molecule has 69 heavy (non-hydrogen) atoms. The van der Waals surface area contributed by atoms with Crippen LogP contribution in [-0.4, -0.2) is 75.9 Å². The number of rotatable bonds is 26. The maximum absolute atomic E-state index is 12.6. The summed E-state index contributed by atoms with van der Waals surface area (Å²) in [5.74, 6) is 0.431. The Hall–Kier alpha value is -3.63. The van der Waals surface area contributed by atoms with Gasteiger partial charge in [-0.05, 0) is 102 Å². The van der Waals surface area contributed by atoms with E-state index in [4.69, 9.17) is 14.2 Å². The maximum atomic E-state index is 12.6. The fraction of sp³-hybridized carbons (Fsp3) is 0.623. The second kappa shape index (κ2) is 30.3. The summed E-state index contributed by atoms with van der Waals surface area (Å²) in [5, 5.41) is 42.5. The van der Waals surface area contributed by atoms with Crippen LogP contribution < -0.4 is 0 Å². The lowest BCUT2D eigenvalue weighted by Crippen LogP contribution is -2.60. The van der Waals surface area contributed by atoms with Gasteiger partial charge in [0.2, 0.25) is 0 Å². The molecule has 0 aromatic heterocycles. The third-order valence-corrected chi connectivity index (χ3v) is 13.8. The highest BCUT2D eigenvalue weighted by Crippen LogP contribution is 2.43. The number of aliphatic hydroxyl groups is 4. The summed E-state index contributed by atoms with van der Waals surface area (Å²) in [6.45, 7) is 25.7. The van der Waals surface area contributed by atoms with Crippen molar-refractivity contribution in [3.05, 3.63) is 130 Å². The van der Waals surface area contributed by atoms with E-state index in [1.165, 1.54) is 72.8 Å². The van der Waals surface area contributed by atoms with E-state index in [9.17, 15) is 25.2 Å². The van der Waals surface area contributed by atoms with Gasteiger partial charge in [0.25, 0.3) is 0 Å². The fourth-order valence-electron chi connectivity index (χ4n) is 9.86. The Balaban J connectivity index is 1.45. The van der Waals surface area contributed by atoms with Crippen LogP contribution in [0.25, 0.3) is 0 Å². The van der Waals surface area contributed by atoms with Crippen LogP contribution in [0.4, 0.5) is 0 Å². The zero-order valence-corrected chi connectivity index (χ0v) is 44.9. The van der Waals surface area contributed by atoms with Gasteiger partial charge in [0.1, 0.15) is 31.0 Å². The summed E-state index contributed by atoms with van der Waals surface area (Å²) in [6, 6.07) is 0. The van der Waals surface area contributed by atoms with E-state index in [2.05, 4.69) is 168 Å². The minimum atomic E-state index is -1.50. The SMILES string of the molecule is CC(C=CC=C(C)C=CC1=C(C)CC(O)CC1(C)C)=CC=CC=C(C)C=CC=C(C)C=CC1=C(C)CC(OC2OC(COC(=O)CCCCCCCCCCCC(C)C)C(O)C(O)C2O)CC1(C)C. The Labute approximate surface area is 419 Å². The molecule has 8 heteroatoms. The molecular weight excluding hydrogens is 861 g/mol. The molecule has 4 N–H and O–H groups in total. The van der Waals surface area contributed by atoms with Crippen LogP contribution in [0, 0.1) is 16.7 Å². The Kier molecular flexibility index (Phi) is 26.2. The van der Waals surface area contributed by atoms with Crippen LogP contribution in [0.3, 0.4) is 0 Å². The molecule has 386 valence electrons. The molecule has 1 saturated heterocycles. The van der Waals surface area contributed by atoms with Gasteiger partial charge >= 0.3 is 5.97 Å². The first-order valence-electron chi connectivity index (χ1n) is 26.3. The normalized spacial score (nSPS) is 26.7. The number of carbonyl (C=O) groups is 1. The summed E-state index contributed by atoms with van der Waals surface area (Å²) in [5.41, 5.74) is 9.32. The second-order valence-corrected chi connectivity index (χ2v) is 22.1. The largest absolute Gasteiger partial charge is 0.463 e. The molecular formula is C61H94O8. The van der Waals surface area contributed by atoms with E-state index in [1.807, 2.05) is 0 Å². The second-order valence-electron chi connectivity index (χ2n) is 22.1. The van der Waals surface area contributed by atoms with E-state index in [-0.39, 0.29) is 35.6 Å². The molecule has 7 unspecified atom stereocenters. The van der Waals surface area contributed by atoms with Crippen LogP contribution in [-0.2, 0) is 19.0 Å². The van der Waals surface area contributed by atoms with E-state index < -0.39 is 30.7 Å². The van der Waals surface area contributed by atoms with Crippen LogP contribution >= 0.6 is 0 Å². The number of esters is 1. The van der Waals surface area contributed by atoms with E-state index >= 15 is 0 Å². The van der Waals surface area contributed by atoms with Gasteiger partial charge in [-0.1, -0.05) is 218 Å². The van der Waals surface area contributed by atoms with Crippen molar-refractivity contribution in [3.8, 4) is 0 Å². The molecule has 1 fully saturated rings. The standard InChI is InChI=1S/C61H94O8/c1-43(2)26-20-18-16-14-13-15-17-19-21-33-55(63)67-42-54-56(64)57(65)58(66)59(69-54)68-51-39-49(8)53(61(11,12)41-51)37-35-47(6)32-25-30-45(4)28-23-22-27-44(3)29-24-31-46(5)34-36-52-48(7)38-50(62)40-60(52,9)10/h22-25,27-32,34-37,43,50-51,54,56-59,62,64-66H,13-21,26,33,38-42H2,1-12H3. The molecule has 0 aromatic rings. The summed E-state index contributed by atoms with van der Waals surface area (Å²) in [6.07, 6.45) is 37.4. The van der Waals surface area contributed by atoms with Crippen molar-refractivity contribution in [1.82, 2.24) is 0 Å². The van der Waals surface area contributed by atoms with Gasteiger partial charge in [-0.25, -0.2) is 0 Å². The minimum absolute atomic E-state index is 0.0229. The van der Waals surface area contributed by atoms with Crippen molar-refractivity contribution in [3.63, 3.8) is 0 Å². The summed E-state index contributed by atoms with van der Waals surface area (Å²) in [4.78, 5) is 12.6. The van der Waals surface area contributed by atoms with Gasteiger partial charge in [0, 0.05) is 6.42 Å². The van der Waals surface area contributed by atoms with Gasteiger partial charge < -0.3 is 34.6 Å². The molecule has 8 nitrogen and oxygen atoms in total. The topological polar surface area (TPSA) is 126 Å². The first-order chi connectivity index (χ1) is 32.6. The van der Waals surface area contributed by atoms with Gasteiger partial charge in [0.05, 0.1) is 12.2 Å². The van der Waals surface area contributed by atoms with Crippen LogP contribution in [0.1, 0.15) is 179 Å². The third kappa shape index (κ3) is 22.1. The van der Waals surface area contributed by atoms with Crippen LogP contribution in [0.15, 0.2) is 130 Å². The Bertz CT molecular complexity index is 1960. The van der Waals surface area contributed by atoms with Crippen molar-refractivity contribution < 1.29 is 39.4 Å². The molecule has 0 radical (unpaired) electrons. The predicted octanol–water partition coefficient (Wildman–Crippen LogP) is 13.9. The summed E-state index contributed by atoms with van der Waals surface area (Å²) >= 11 is 0. The Morgan fingerprint density at radius 1 is 0.623 bits per heavy atom. The molecule has 0 aromatic carbocycles. The average molecular weight is 955 g/mol. The van der Waals surface area contributed by atoms with Gasteiger partial charge in [-0.2, -0.15) is 0 Å². The Morgan fingerprint density at radius 3 is 1.59 bits per heavy atom. The first-order valence-corrected chi connectivity index (χ1v) is 26.3.